The van der Waals surface area contributed by atoms with Crippen LogP contribution in [0.1, 0.15) is 94.8 Å². The van der Waals surface area contributed by atoms with Gasteiger partial charge in [0.05, 0.1) is 51.4 Å². The third-order valence-corrected chi connectivity index (χ3v) is 12.9. The van der Waals surface area contributed by atoms with Crippen molar-refractivity contribution in [1.29, 1.82) is 0 Å². The summed E-state index contributed by atoms with van der Waals surface area (Å²) in [5, 5.41) is 5.49. The predicted octanol–water partition coefficient (Wildman–Crippen LogP) is 6.76. The number of benzene rings is 2. The number of piperidine rings is 1. The highest BCUT2D eigenvalue weighted by Gasteiger charge is 2.52. The number of methoxy groups -OCH3 is 2. The number of imidazole rings is 1. The van der Waals surface area contributed by atoms with Crippen LogP contribution in [0.2, 0.25) is 0 Å². The molecule has 1 aromatic heterocycles. The van der Waals surface area contributed by atoms with E-state index in [1.165, 1.54) is 14.2 Å². The molecular weight excluding hydrogens is 751 g/mol. The van der Waals surface area contributed by atoms with Crippen LogP contribution in [0.25, 0.3) is 28.0 Å². The second-order valence-electron chi connectivity index (χ2n) is 17.2. The molecule has 0 spiro atoms. The number of alkyl carbamates (subject to hydrolysis) is 2. The molecule has 59 heavy (non-hydrogen) atoms. The Kier molecular flexibility index (Phi) is 11.4. The Bertz CT molecular complexity index is 2190. The number of likely N-dealkylation sites (tertiary alicyclic amines) is 2. The molecule has 8 rings (SSSR count). The average molecular weight is 806 g/mol. The molecule has 4 aliphatic heterocycles. The normalized spacial score (nSPS) is 23.0. The van der Waals surface area contributed by atoms with Crippen LogP contribution in [0.15, 0.2) is 53.8 Å². The summed E-state index contributed by atoms with van der Waals surface area (Å²) in [4.78, 5) is 68.9. The lowest BCUT2D eigenvalue weighted by Gasteiger charge is -2.38. The Morgan fingerprint density at radius 1 is 0.847 bits per heavy atom. The lowest BCUT2D eigenvalue weighted by Crippen LogP contribution is -2.57. The molecule has 3 N–H and O–H groups in total. The number of H-pyrrole nitrogens is 1. The van der Waals surface area contributed by atoms with Gasteiger partial charge in [0.15, 0.2) is 0 Å². The van der Waals surface area contributed by atoms with Crippen molar-refractivity contribution in [3.05, 3.63) is 71.3 Å². The Labute approximate surface area is 345 Å². The van der Waals surface area contributed by atoms with Crippen LogP contribution in [-0.2, 0) is 37.0 Å². The number of ether oxygens (including phenoxy) is 3. The van der Waals surface area contributed by atoms with Crippen molar-refractivity contribution in [2.45, 2.75) is 110 Å². The molecule has 3 aromatic rings. The maximum atomic E-state index is 14.0. The summed E-state index contributed by atoms with van der Waals surface area (Å²) in [6.45, 7) is 9.20. The number of hydrogen-bond acceptors (Lipinski definition) is 9. The highest BCUT2D eigenvalue weighted by Crippen LogP contribution is 2.46. The zero-order chi connectivity index (χ0) is 41.5. The Hall–Kier alpha value is -5.50. The summed E-state index contributed by atoms with van der Waals surface area (Å²) in [7, 11) is 2.61. The second-order valence-corrected chi connectivity index (χ2v) is 17.2. The number of carbonyl (C=O) groups excluding carboxylic acids is 4. The minimum absolute atomic E-state index is 0.0608. The molecule has 5 heterocycles. The van der Waals surface area contributed by atoms with Crippen LogP contribution >= 0.6 is 0 Å². The van der Waals surface area contributed by atoms with Crippen molar-refractivity contribution in [3.8, 4) is 22.4 Å². The maximum absolute atomic E-state index is 14.0. The van der Waals surface area contributed by atoms with E-state index in [-0.39, 0.29) is 41.8 Å². The lowest BCUT2D eigenvalue weighted by molar-refractivity contribution is -0.137. The molecule has 5 aliphatic rings. The number of aliphatic imine (C=N–C) groups is 1. The fraction of sp³-hybridized carbons (Fsp3) is 0.511. The van der Waals surface area contributed by atoms with Gasteiger partial charge in [0, 0.05) is 30.9 Å². The van der Waals surface area contributed by atoms with Gasteiger partial charge in [-0.2, -0.15) is 0 Å². The van der Waals surface area contributed by atoms with Crippen molar-refractivity contribution in [2.75, 3.05) is 20.8 Å². The Balaban J connectivity index is 0.966. The van der Waals surface area contributed by atoms with E-state index in [1.807, 2.05) is 49.9 Å². The Morgan fingerprint density at radius 3 is 2.15 bits per heavy atom. The quantitative estimate of drug-likeness (QED) is 0.202. The summed E-state index contributed by atoms with van der Waals surface area (Å²) >= 11 is 0. The fourth-order valence-corrected chi connectivity index (χ4v) is 9.84. The topological polar surface area (TPSA) is 168 Å². The summed E-state index contributed by atoms with van der Waals surface area (Å²) in [5.41, 5.74) is 9.46. The summed E-state index contributed by atoms with van der Waals surface area (Å²) in [5.74, 6) is 0.676. The van der Waals surface area contributed by atoms with Crippen molar-refractivity contribution in [1.82, 2.24) is 30.4 Å². The molecule has 2 bridgehead atoms. The van der Waals surface area contributed by atoms with Crippen LogP contribution in [0, 0.1) is 17.8 Å². The summed E-state index contributed by atoms with van der Waals surface area (Å²) in [6.07, 6.45) is 7.84. The van der Waals surface area contributed by atoms with Gasteiger partial charge in [0.2, 0.25) is 11.8 Å². The van der Waals surface area contributed by atoms with Gasteiger partial charge >= 0.3 is 12.2 Å². The number of aromatic nitrogens is 2. The van der Waals surface area contributed by atoms with Gasteiger partial charge in [-0.25, -0.2) is 14.6 Å². The van der Waals surface area contributed by atoms with Crippen LogP contribution in [0.4, 0.5) is 9.59 Å². The number of aromatic amines is 1. The minimum Gasteiger partial charge on any atom is -0.453 e. The first-order valence-corrected chi connectivity index (χ1v) is 20.9. The highest BCUT2D eigenvalue weighted by atomic mass is 16.5. The summed E-state index contributed by atoms with van der Waals surface area (Å²) in [6, 6.07) is 11.4. The molecule has 2 saturated heterocycles. The number of nitrogens with one attached hydrogen (secondary N) is 3. The maximum Gasteiger partial charge on any atom is 0.407 e. The fourth-order valence-electron chi connectivity index (χ4n) is 9.84. The third kappa shape index (κ3) is 7.74. The SMILES string of the molecule is COC(=O)N[C@H](C(=O)N1CCC[C@H]1c1ncc(-c2ccc3c(c2)COCc2cc(C4=CN=C([C@@H]5[C@H]6CC[C@H](C6)N5C(=O)[C@@H](NC(=O)OC)C(C)C)C4)ccc2-3)[nH]1)C(C)C. The van der Waals surface area contributed by atoms with Gasteiger partial charge in [0.25, 0.3) is 0 Å². The van der Waals surface area contributed by atoms with E-state index in [0.29, 0.717) is 32.1 Å². The molecule has 3 fully saturated rings. The molecule has 6 atom stereocenters. The van der Waals surface area contributed by atoms with Crippen LogP contribution in [0.3, 0.4) is 0 Å². The average Bonchev–Trinajstić information content (AvgIpc) is 4.09. The van der Waals surface area contributed by atoms with Gasteiger partial charge in [-0.3, -0.25) is 14.6 Å². The van der Waals surface area contributed by atoms with Crippen LogP contribution < -0.4 is 10.6 Å². The molecule has 1 saturated carbocycles. The number of allylic oxidation sites excluding steroid dienone is 1. The first kappa shape index (κ1) is 40.3. The van der Waals surface area contributed by atoms with E-state index in [9.17, 15) is 19.2 Å². The van der Waals surface area contributed by atoms with Gasteiger partial charge in [-0.15, -0.1) is 0 Å². The van der Waals surface area contributed by atoms with Gasteiger partial charge in [-0.05, 0) is 101 Å². The van der Waals surface area contributed by atoms with E-state index < -0.39 is 24.3 Å². The van der Waals surface area contributed by atoms with E-state index in [4.69, 9.17) is 24.2 Å². The van der Waals surface area contributed by atoms with Crippen molar-refractivity contribution < 1.29 is 33.4 Å². The van der Waals surface area contributed by atoms with Crippen LogP contribution in [0.5, 0.6) is 0 Å². The lowest BCUT2D eigenvalue weighted by atomic mass is 9.88. The van der Waals surface area contributed by atoms with Crippen molar-refractivity contribution in [3.63, 3.8) is 0 Å². The van der Waals surface area contributed by atoms with Gasteiger partial charge in [-0.1, -0.05) is 52.0 Å². The van der Waals surface area contributed by atoms with Gasteiger partial charge in [0.1, 0.15) is 17.9 Å². The summed E-state index contributed by atoms with van der Waals surface area (Å²) < 4.78 is 15.9. The highest BCUT2D eigenvalue weighted by molar-refractivity contribution is 6.04. The first-order chi connectivity index (χ1) is 28.4. The monoisotopic (exact) mass is 805 g/mol. The van der Waals surface area contributed by atoms with E-state index >= 15 is 0 Å². The number of rotatable bonds is 10. The zero-order valence-corrected chi connectivity index (χ0v) is 34.7. The van der Waals surface area contributed by atoms with E-state index in [0.717, 1.165) is 88.3 Å². The molecule has 2 aromatic carbocycles. The van der Waals surface area contributed by atoms with Crippen LogP contribution in [-0.4, -0.2) is 94.4 Å². The third-order valence-electron chi connectivity index (χ3n) is 12.9. The smallest absolute Gasteiger partial charge is 0.407 e. The number of carbonyl (C=O) groups is 4. The first-order valence-electron chi connectivity index (χ1n) is 20.9. The molecule has 312 valence electrons. The zero-order valence-electron chi connectivity index (χ0n) is 34.7. The number of nitrogens with zero attached hydrogens (tertiary/aromatic N) is 4. The van der Waals surface area contributed by atoms with Gasteiger partial charge < -0.3 is 39.6 Å². The number of amides is 4. The number of hydrogen-bond donors (Lipinski definition) is 3. The van der Waals surface area contributed by atoms with Crippen molar-refractivity contribution >= 4 is 35.3 Å². The predicted molar refractivity (Wildman–Crippen MR) is 222 cm³/mol. The van der Waals surface area contributed by atoms with Crippen molar-refractivity contribution in [2.24, 2.45) is 22.7 Å². The number of fused-ring (bicyclic) bond motifs is 5. The second kappa shape index (κ2) is 16.6. The molecule has 1 aliphatic carbocycles. The van der Waals surface area contributed by atoms with E-state index in [1.54, 1.807) is 0 Å². The molecule has 14 heteroatoms. The molecule has 14 nitrogen and oxygen atoms in total. The van der Waals surface area contributed by atoms with E-state index in [2.05, 4.69) is 52.0 Å². The molecular formula is C45H55N7O7. The Morgan fingerprint density at radius 2 is 1.49 bits per heavy atom. The standard InChI is InChI=1S/C45H55N7O7/c1-24(2)38(49-44(55)57-5)42(53)51-15-7-8-37(51)41-47-21-36(48-41)27-11-14-34-31(17-27)23-59-22-30-16-26(10-13-33(30)34)29-19-35(46-20-29)40-28-9-12-32(18-28)52(40)43(54)39(25(3)4)50-45(56)58-6/h10-11,13-14,16-17,20-21,24-25,28,32,37-40H,7-9,12,15,18-19,22-23H2,1-6H3,(H,47,48)(H,49,55)(H,50,56)/t28-,32+,37-,38-,39-,40-/m0/s1. The minimum atomic E-state index is -0.696. The molecule has 0 radical (unpaired) electrons. The molecule has 4 amide bonds. The largest absolute Gasteiger partial charge is 0.453 e. The molecule has 0 unspecified atom stereocenters.